The van der Waals surface area contributed by atoms with Crippen LogP contribution in [0, 0.1) is 0 Å². The number of aromatic nitrogens is 2. The molecule has 1 saturated heterocycles. The van der Waals surface area contributed by atoms with E-state index in [-0.39, 0.29) is 5.91 Å². The van der Waals surface area contributed by atoms with Gasteiger partial charge in [-0.1, -0.05) is 11.3 Å². The molecule has 0 bridgehead atoms. The van der Waals surface area contributed by atoms with Gasteiger partial charge in [-0.2, -0.15) is 0 Å². The molecule has 0 unspecified atom stereocenters. The summed E-state index contributed by atoms with van der Waals surface area (Å²) in [6.45, 7) is 0.778. The Balaban J connectivity index is 2.24. The zero-order valence-corrected chi connectivity index (χ0v) is 8.56. The van der Waals surface area contributed by atoms with Crippen LogP contribution in [0.15, 0.2) is 3.92 Å². The highest BCUT2D eigenvalue weighted by Gasteiger charge is 2.24. The Labute approximate surface area is 81.7 Å². The lowest BCUT2D eigenvalue weighted by Gasteiger charge is -2.08. The predicted octanol–water partition coefficient (Wildman–Crippen LogP) is 1.43. The van der Waals surface area contributed by atoms with E-state index < -0.39 is 0 Å². The zero-order chi connectivity index (χ0) is 8.55. The highest BCUT2D eigenvalue weighted by molar-refractivity contribution is 9.11. The standard InChI is InChI=1S/C6H6BrN3OS/c7-5-8-9-6(12-5)10-3-1-2-4(10)11/h1-3H2. The van der Waals surface area contributed by atoms with E-state index in [1.165, 1.54) is 11.3 Å². The Kier molecular flexibility index (Phi) is 2.10. The molecule has 6 heteroatoms. The number of carbonyl (C=O) groups is 1. The van der Waals surface area contributed by atoms with Gasteiger partial charge in [0.05, 0.1) is 0 Å². The molecule has 0 radical (unpaired) electrons. The number of nitrogens with zero attached hydrogens (tertiary/aromatic N) is 3. The number of halogens is 1. The Morgan fingerprint density at radius 2 is 2.33 bits per heavy atom. The first-order chi connectivity index (χ1) is 5.77. The summed E-state index contributed by atoms with van der Waals surface area (Å²) in [5.41, 5.74) is 0. The van der Waals surface area contributed by atoms with Crippen LogP contribution >= 0.6 is 27.3 Å². The average Bonchev–Trinajstić information content (AvgIpc) is 2.58. The highest BCUT2D eigenvalue weighted by atomic mass is 79.9. The van der Waals surface area contributed by atoms with Gasteiger partial charge in [-0.25, -0.2) is 0 Å². The van der Waals surface area contributed by atoms with Gasteiger partial charge in [-0.15, -0.1) is 10.2 Å². The van der Waals surface area contributed by atoms with Crippen LogP contribution in [0.3, 0.4) is 0 Å². The quantitative estimate of drug-likeness (QED) is 0.755. The number of anilines is 1. The molecule has 1 aromatic rings. The lowest BCUT2D eigenvalue weighted by molar-refractivity contribution is -0.117. The molecule has 1 aliphatic rings. The molecule has 0 aromatic carbocycles. The van der Waals surface area contributed by atoms with Gasteiger partial charge < -0.3 is 0 Å². The first-order valence-electron chi connectivity index (χ1n) is 3.57. The number of hydrogen-bond donors (Lipinski definition) is 0. The Morgan fingerprint density at radius 3 is 2.83 bits per heavy atom. The van der Waals surface area contributed by atoms with Crippen LogP contribution in [0.2, 0.25) is 0 Å². The maximum atomic E-state index is 11.2. The van der Waals surface area contributed by atoms with Crippen LogP contribution in [0.1, 0.15) is 12.8 Å². The molecule has 2 heterocycles. The second kappa shape index (κ2) is 3.10. The Bertz CT molecular complexity index is 313. The number of hydrogen-bond acceptors (Lipinski definition) is 4. The van der Waals surface area contributed by atoms with Crippen molar-refractivity contribution in [3.8, 4) is 0 Å². The van der Waals surface area contributed by atoms with Crippen molar-refractivity contribution in [1.29, 1.82) is 0 Å². The molecular weight excluding hydrogens is 242 g/mol. The van der Waals surface area contributed by atoms with E-state index in [0.717, 1.165) is 16.9 Å². The van der Waals surface area contributed by atoms with Crippen LogP contribution in [0.5, 0.6) is 0 Å². The van der Waals surface area contributed by atoms with Crippen molar-refractivity contribution in [3.63, 3.8) is 0 Å². The molecule has 12 heavy (non-hydrogen) atoms. The SMILES string of the molecule is O=C1CCCN1c1nnc(Br)s1. The topological polar surface area (TPSA) is 46.1 Å². The Hall–Kier alpha value is -0.490. The summed E-state index contributed by atoms with van der Waals surface area (Å²) in [4.78, 5) is 12.9. The van der Waals surface area contributed by atoms with E-state index in [1.54, 1.807) is 4.90 Å². The summed E-state index contributed by atoms with van der Waals surface area (Å²) in [5.74, 6) is 0.152. The lowest BCUT2D eigenvalue weighted by atomic mass is 10.4. The third-order valence-corrected chi connectivity index (χ3v) is 3.07. The van der Waals surface area contributed by atoms with Gasteiger partial charge in [0.15, 0.2) is 3.92 Å². The van der Waals surface area contributed by atoms with Crippen molar-refractivity contribution in [2.45, 2.75) is 12.8 Å². The number of rotatable bonds is 1. The normalized spacial score (nSPS) is 17.4. The number of amides is 1. The van der Waals surface area contributed by atoms with Gasteiger partial charge in [0.1, 0.15) is 0 Å². The fourth-order valence-corrected chi connectivity index (χ4v) is 2.29. The molecule has 1 aromatic heterocycles. The van der Waals surface area contributed by atoms with Gasteiger partial charge in [0.2, 0.25) is 11.0 Å². The van der Waals surface area contributed by atoms with Gasteiger partial charge >= 0.3 is 0 Å². The minimum Gasteiger partial charge on any atom is -0.287 e. The fraction of sp³-hybridized carbons (Fsp3) is 0.500. The molecule has 0 saturated carbocycles. The first kappa shape index (κ1) is 8.12. The lowest BCUT2D eigenvalue weighted by Crippen LogP contribution is -2.23. The van der Waals surface area contributed by atoms with Crippen molar-refractivity contribution in [2.24, 2.45) is 0 Å². The average molecular weight is 248 g/mol. The summed E-state index contributed by atoms with van der Waals surface area (Å²) < 4.78 is 0.720. The summed E-state index contributed by atoms with van der Waals surface area (Å²) in [6.07, 6.45) is 1.56. The van der Waals surface area contributed by atoms with E-state index in [0.29, 0.717) is 11.6 Å². The second-order valence-corrected chi connectivity index (χ2v) is 4.72. The monoisotopic (exact) mass is 247 g/mol. The van der Waals surface area contributed by atoms with E-state index in [4.69, 9.17) is 0 Å². The largest absolute Gasteiger partial charge is 0.287 e. The molecule has 0 aliphatic carbocycles. The van der Waals surface area contributed by atoms with Crippen LogP contribution in [-0.2, 0) is 4.79 Å². The molecule has 1 amide bonds. The molecule has 4 nitrogen and oxygen atoms in total. The van der Waals surface area contributed by atoms with E-state index in [9.17, 15) is 4.79 Å². The molecule has 1 aliphatic heterocycles. The van der Waals surface area contributed by atoms with Crippen molar-refractivity contribution < 1.29 is 4.79 Å². The van der Waals surface area contributed by atoms with Crippen LogP contribution in [0.4, 0.5) is 5.13 Å². The smallest absolute Gasteiger partial charge is 0.228 e. The van der Waals surface area contributed by atoms with Crippen molar-refractivity contribution in [2.75, 3.05) is 11.4 Å². The summed E-state index contributed by atoms with van der Waals surface area (Å²) in [6, 6.07) is 0. The van der Waals surface area contributed by atoms with Crippen molar-refractivity contribution in [1.82, 2.24) is 10.2 Å². The minimum atomic E-state index is 0.152. The van der Waals surface area contributed by atoms with Crippen LogP contribution in [-0.4, -0.2) is 22.6 Å². The molecule has 64 valence electrons. The molecule has 0 spiro atoms. The van der Waals surface area contributed by atoms with Crippen molar-refractivity contribution >= 4 is 38.3 Å². The molecule has 1 fully saturated rings. The minimum absolute atomic E-state index is 0.152. The summed E-state index contributed by atoms with van der Waals surface area (Å²) in [5, 5.41) is 8.36. The fourth-order valence-electron chi connectivity index (χ4n) is 1.16. The molecule has 2 rings (SSSR count). The van der Waals surface area contributed by atoms with E-state index in [1.807, 2.05) is 0 Å². The zero-order valence-electron chi connectivity index (χ0n) is 6.16. The van der Waals surface area contributed by atoms with Gasteiger partial charge in [0.25, 0.3) is 0 Å². The van der Waals surface area contributed by atoms with Crippen LogP contribution in [0.25, 0.3) is 0 Å². The predicted molar refractivity (Wildman–Crippen MR) is 49.2 cm³/mol. The third kappa shape index (κ3) is 1.36. The highest BCUT2D eigenvalue weighted by Crippen LogP contribution is 2.27. The van der Waals surface area contributed by atoms with Gasteiger partial charge in [0, 0.05) is 13.0 Å². The van der Waals surface area contributed by atoms with Gasteiger partial charge in [-0.3, -0.25) is 9.69 Å². The second-order valence-electron chi connectivity index (χ2n) is 2.49. The van der Waals surface area contributed by atoms with Crippen LogP contribution < -0.4 is 4.90 Å². The first-order valence-corrected chi connectivity index (χ1v) is 5.18. The molecule has 0 atom stereocenters. The third-order valence-electron chi connectivity index (χ3n) is 1.69. The maximum Gasteiger partial charge on any atom is 0.228 e. The molecule has 0 N–H and O–H groups in total. The van der Waals surface area contributed by atoms with Crippen molar-refractivity contribution in [3.05, 3.63) is 3.92 Å². The summed E-state index contributed by atoms with van der Waals surface area (Å²) in [7, 11) is 0. The Morgan fingerprint density at radius 1 is 1.50 bits per heavy atom. The summed E-state index contributed by atoms with van der Waals surface area (Å²) >= 11 is 4.59. The molecular formula is C6H6BrN3OS. The van der Waals surface area contributed by atoms with E-state index >= 15 is 0 Å². The maximum absolute atomic E-state index is 11.2. The van der Waals surface area contributed by atoms with E-state index in [2.05, 4.69) is 26.1 Å². The number of carbonyl (C=O) groups excluding carboxylic acids is 1. The van der Waals surface area contributed by atoms with Gasteiger partial charge in [-0.05, 0) is 22.4 Å².